The van der Waals surface area contributed by atoms with Crippen LogP contribution in [0.1, 0.15) is 0 Å². The molecule has 3 radical (unpaired) electrons. The van der Waals surface area contributed by atoms with Crippen LogP contribution in [-0.2, 0) is 0 Å². The smallest absolute Gasteiger partial charge is 0.258 e. The largest absolute Gasteiger partial charge is 0.313 e. The van der Waals surface area contributed by atoms with Crippen molar-refractivity contribution >= 4 is 10.9 Å². The summed E-state index contributed by atoms with van der Waals surface area (Å²) in [4.78, 5) is 17.6. The number of benzene rings is 1. The zero-order valence-corrected chi connectivity index (χ0v) is 6.19. The molecule has 4 nitrogen and oxygen atoms in total. The van der Waals surface area contributed by atoms with Gasteiger partial charge in [-0.05, 0) is 12.1 Å². The number of rotatable bonds is 0. The van der Waals surface area contributed by atoms with E-state index in [1.54, 1.807) is 6.07 Å². The first-order valence-electron chi connectivity index (χ1n) is 3.30. The molecule has 0 aliphatic rings. The van der Waals surface area contributed by atoms with E-state index in [0.717, 1.165) is 5.52 Å². The van der Waals surface area contributed by atoms with Gasteiger partial charge in [-0.2, -0.15) is 0 Å². The quantitative estimate of drug-likeness (QED) is 0.607. The highest BCUT2D eigenvalue weighted by Gasteiger charge is 1.94. The molecule has 0 atom stereocenters. The summed E-state index contributed by atoms with van der Waals surface area (Å²) in [5.74, 6) is 0. The third-order valence-corrected chi connectivity index (χ3v) is 1.55. The van der Waals surface area contributed by atoms with Gasteiger partial charge in [0.25, 0.3) is 5.56 Å². The van der Waals surface area contributed by atoms with Gasteiger partial charge in [0.15, 0.2) is 0 Å². The molecule has 0 saturated carbocycles. The fourth-order valence-electron chi connectivity index (χ4n) is 1.02. The number of nitrogens with one attached hydrogen (secondary N) is 1. The Morgan fingerprint density at radius 1 is 1.25 bits per heavy atom. The molecule has 2 rings (SSSR count). The van der Waals surface area contributed by atoms with Crippen LogP contribution in [0.3, 0.4) is 0 Å². The molecule has 1 aromatic carbocycles. The van der Waals surface area contributed by atoms with Gasteiger partial charge in [-0.25, -0.2) is 4.98 Å². The molecule has 12 heavy (non-hydrogen) atoms. The Labute approximate surface area is 68.8 Å². The Morgan fingerprint density at radius 2 is 2.00 bits per heavy atom. The summed E-state index contributed by atoms with van der Waals surface area (Å²) in [6, 6.07) is 7.24. The second-order valence-corrected chi connectivity index (χ2v) is 2.25. The van der Waals surface area contributed by atoms with Gasteiger partial charge in [-0.15, -0.1) is 0 Å². The molecule has 0 saturated heterocycles. The van der Waals surface area contributed by atoms with Crippen LogP contribution >= 0.6 is 0 Å². The lowest BCUT2D eigenvalue weighted by Gasteiger charge is -1.91. The van der Waals surface area contributed by atoms with E-state index < -0.39 is 0 Å². The van der Waals surface area contributed by atoms with E-state index >= 15 is 0 Å². The van der Waals surface area contributed by atoms with E-state index in [-0.39, 0.29) is 11.7 Å². The minimum absolute atomic E-state index is 0. The first kappa shape index (κ1) is 8.42. The van der Waals surface area contributed by atoms with Crippen LogP contribution in [0.4, 0.5) is 0 Å². The Hall–Kier alpha value is -1.68. The van der Waals surface area contributed by atoms with Gasteiger partial charge in [0.05, 0.1) is 17.2 Å². The molecule has 2 aromatic rings. The highest BCUT2D eigenvalue weighted by Crippen LogP contribution is 2.02. The zero-order valence-electron chi connectivity index (χ0n) is 6.19. The van der Waals surface area contributed by atoms with Crippen LogP contribution < -0.4 is 11.7 Å². The summed E-state index contributed by atoms with van der Waals surface area (Å²) in [5, 5.41) is 0.634. The molecule has 59 valence electrons. The molecule has 0 fully saturated rings. The van der Waals surface area contributed by atoms with Crippen LogP contribution in [0.5, 0.6) is 0 Å². The maximum absolute atomic E-state index is 11.1. The number of hydrogen-bond donors (Lipinski definition) is 1. The normalized spacial score (nSPS) is 9.33. The van der Waals surface area contributed by atoms with Gasteiger partial charge in [-0.1, -0.05) is 12.1 Å². The Balaban J connectivity index is 0.000000720. The van der Waals surface area contributed by atoms with Crippen LogP contribution in [0.15, 0.2) is 35.4 Å². The van der Waals surface area contributed by atoms with Gasteiger partial charge < -0.3 is 4.98 Å². The van der Waals surface area contributed by atoms with E-state index in [2.05, 4.69) is 9.97 Å². The molecule has 0 spiro atoms. The topological polar surface area (TPSA) is 76.2 Å². The molecule has 1 heterocycles. The lowest BCUT2D eigenvalue weighted by molar-refractivity contribution is 1.17. The SMILES string of the molecule is O=c1[nH]cnc2ccccc12.[N]. The highest BCUT2D eigenvalue weighted by molar-refractivity contribution is 5.76. The average molecular weight is 160 g/mol. The summed E-state index contributed by atoms with van der Waals surface area (Å²) in [5.41, 5.74) is 0.645. The Morgan fingerprint density at radius 3 is 2.75 bits per heavy atom. The van der Waals surface area contributed by atoms with E-state index in [9.17, 15) is 4.79 Å². The molecule has 0 aliphatic heterocycles. The number of hydrogen-bond acceptors (Lipinski definition) is 2. The monoisotopic (exact) mass is 160 g/mol. The number of fused-ring (bicyclic) bond motifs is 1. The molecule has 0 amide bonds. The van der Waals surface area contributed by atoms with Crippen LogP contribution in [0.2, 0.25) is 0 Å². The molecular weight excluding hydrogens is 154 g/mol. The lowest BCUT2D eigenvalue weighted by Crippen LogP contribution is -2.05. The zero-order chi connectivity index (χ0) is 7.68. The first-order chi connectivity index (χ1) is 5.38. The van der Waals surface area contributed by atoms with Crippen molar-refractivity contribution in [1.29, 1.82) is 0 Å². The third-order valence-electron chi connectivity index (χ3n) is 1.55. The van der Waals surface area contributed by atoms with Crippen LogP contribution in [0, 0.1) is 0 Å². The van der Waals surface area contributed by atoms with E-state index in [0.29, 0.717) is 5.39 Å². The molecule has 0 bridgehead atoms. The van der Waals surface area contributed by atoms with Gasteiger partial charge in [-0.3, -0.25) is 4.79 Å². The third kappa shape index (κ3) is 1.19. The Kier molecular flexibility index (Phi) is 2.21. The summed E-state index contributed by atoms with van der Waals surface area (Å²) in [7, 11) is 0. The predicted molar refractivity (Wildman–Crippen MR) is 44.5 cm³/mol. The van der Waals surface area contributed by atoms with Crippen molar-refractivity contribution in [2.75, 3.05) is 0 Å². The number of para-hydroxylation sites is 1. The van der Waals surface area contributed by atoms with Crippen molar-refractivity contribution in [2.24, 2.45) is 0 Å². The van der Waals surface area contributed by atoms with E-state index in [1.165, 1.54) is 6.33 Å². The minimum Gasteiger partial charge on any atom is -0.313 e. The first-order valence-corrected chi connectivity index (χ1v) is 3.30. The summed E-state index contributed by atoms with van der Waals surface area (Å²) >= 11 is 0. The molecule has 1 N–H and O–H groups in total. The van der Waals surface area contributed by atoms with E-state index in [1.807, 2.05) is 18.2 Å². The van der Waals surface area contributed by atoms with Crippen molar-refractivity contribution < 1.29 is 0 Å². The van der Waals surface area contributed by atoms with Gasteiger partial charge in [0, 0.05) is 6.15 Å². The molecule has 1 aromatic heterocycles. The number of aromatic amines is 1. The number of H-pyrrole nitrogens is 1. The van der Waals surface area contributed by atoms with Crippen molar-refractivity contribution in [3.8, 4) is 0 Å². The summed E-state index contributed by atoms with van der Waals surface area (Å²) in [6.07, 6.45) is 1.41. The van der Waals surface area contributed by atoms with Gasteiger partial charge in [0.2, 0.25) is 0 Å². The maximum atomic E-state index is 11.1. The summed E-state index contributed by atoms with van der Waals surface area (Å²) in [6.45, 7) is 0. The fraction of sp³-hybridized carbons (Fsp3) is 0. The second kappa shape index (κ2) is 3.15. The second-order valence-electron chi connectivity index (χ2n) is 2.25. The van der Waals surface area contributed by atoms with Gasteiger partial charge in [0.1, 0.15) is 0 Å². The predicted octanol–water partition coefficient (Wildman–Crippen LogP) is 0.443. The summed E-state index contributed by atoms with van der Waals surface area (Å²) < 4.78 is 0. The lowest BCUT2D eigenvalue weighted by atomic mass is 10.2. The van der Waals surface area contributed by atoms with Crippen molar-refractivity contribution in [2.45, 2.75) is 0 Å². The van der Waals surface area contributed by atoms with Crippen LogP contribution in [-0.4, -0.2) is 9.97 Å². The molecular formula is C8H6N3O. The number of nitrogens with zero attached hydrogens (tertiary/aromatic N) is 2. The number of aromatic nitrogens is 2. The van der Waals surface area contributed by atoms with Crippen molar-refractivity contribution in [3.05, 3.63) is 40.9 Å². The van der Waals surface area contributed by atoms with Crippen LogP contribution in [0.25, 0.3) is 10.9 Å². The maximum Gasteiger partial charge on any atom is 0.258 e. The standard InChI is InChI=1S/C8H6N2O.N/c11-8-6-3-1-2-4-7(6)9-5-10-8;/h1-5H,(H,9,10,11);. The molecule has 0 unspecified atom stereocenters. The Bertz CT molecular complexity index is 430. The fourth-order valence-corrected chi connectivity index (χ4v) is 1.02. The molecule has 0 aliphatic carbocycles. The molecule has 4 heteroatoms. The van der Waals surface area contributed by atoms with Crippen molar-refractivity contribution in [1.82, 2.24) is 16.1 Å². The highest BCUT2D eigenvalue weighted by atomic mass is 16.1. The van der Waals surface area contributed by atoms with E-state index in [4.69, 9.17) is 0 Å². The van der Waals surface area contributed by atoms with Gasteiger partial charge >= 0.3 is 0 Å². The average Bonchev–Trinajstić information content (AvgIpc) is 2.06. The van der Waals surface area contributed by atoms with Crippen molar-refractivity contribution in [3.63, 3.8) is 0 Å². The minimum atomic E-state index is -0.0874.